The van der Waals surface area contributed by atoms with E-state index in [2.05, 4.69) is 30.9 Å². The molecule has 8 nitrogen and oxygen atoms in total. The predicted octanol–water partition coefficient (Wildman–Crippen LogP) is 4.84. The zero-order valence-electron chi connectivity index (χ0n) is 17.8. The van der Waals surface area contributed by atoms with Crippen molar-refractivity contribution in [2.75, 3.05) is 6.54 Å². The molecule has 0 fully saturated rings. The van der Waals surface area contributed by atoms with Crippen molar-refractivity contribution in [1.29, 1.82) is 0 Å². The minimum Gasteiger partial charge on any atom is -0.275 e. The zero-order valence-corrected chi connectivity index (χ0v) is 17.8. The van der Waals surface area contributed by atoms with E-state index in [-0.39, 0.29) is 29.0 Å². The van der Waals surface area contributed by atoms with Crippen LogP contribution in [0, 0.1) is 5.82 Å². The van der Waals surface area contributed by atoms with Crippen molar-refractivity contribution in [1.82, 2.24) is 30.0 Å². The van der Waals surface area contributed by atoms with Gasteiger partial charge in [-0.25, -0.2) is 13.8 Å². The molecule has 1 aliphatic rings. The molecule has 5 rings (SSSR count). The third-order valence-electron chi connectivity index (χ3n) is 5.54. The summed E-state index contributed by atoms with van der Waals surface area (Å²) in [5.74, 6) is -0.721. The second kappa shape index (κ2) is 8.13. The number of alkyl halides is 6. The van der Waals surface area contributed by atoms with Crippen LogP contribution in [0.3, 0.4) is 0 Å². The van der Waals surface area contributed by atoms with Crippen molar-refractivity contribution in [3.8, 4) is 11.4 Å². The number of rotatable bonds is 4. The Morgan fingerprint density at radius 2 is 1.42 bits per heavy atom. The Bertz CT molecular complexity index is 1370. The predicted molar refractivity (Wildman–Crippen MR) is 109 cm³/mol. The van der Waals surface area contributed by atoms with Gasteiger partial charge in [0.15, 0.2) is 11.4 Å². The van der Waals surface area contributed by atoms with E-state index in [0.717, 1.165) is 40.1 Å². The van der Waals surface area contributed by atoms with Crippen LogP contribution in [0.5, 0.6) is 0 Å². The molecule has 3 aromatic heterocycles. The van der Waals surface area contributed by atoms with Gasteiger partial charge in [0.1, 0.15) is 11.4 Å². The lowest BCUT2D eigenvalue weighted by atomic mass is 9.83. The summed E-state index contributed by atoms with van der Waals surface area (Å²) in [5, 5.41) is 14.7. The maximum Gasteiger partial charge on any atom is 0.435 e. The highest BCUT2D eigenvalue weighted by Gasteiger charge is 2.41. The van der Waals surface area contributed by atoms with Gasteiger partial charge >= 0.3 is 12.4 Å². The minimum atomic E-state index is -4.72. The van der Waals surface area contributed by atoms with Gasteiger partial charge in [-0.15, -0.1) is 0 Å². The van der Waals surface area contributed by atoms with E-state index in [4.69, 9.17) is 0 Å². The Labute approximate surface area is 197 Å². The van der Waals surface area contributed by atoms with Crippen molar-refractivity contribution in [2.24, 2.45) is 10.3 Å². The van der Waals surface area contributed by atoms with Crippen LogP contribution in [0.15, 0.2) is 71.5 Å². The molecule has 1 unspecified atom stereocenters. The molecule has 0 spiro atoms. The Hall–Kier alpha value is -4.30. The summed E-state index contributed by atoms with van der Waals surface area (Å²) in [6, 6.07) is 6.99. The molecular weight excluding hydrogens is 497 g/mol. The van der Waals surface area contributed by atoms with Crippen LogP contribution < -0.4 is 5.43 Å². The maximum absolute atomic E-state index is 14.8. The Morgan fingerprint density at radius 1 is 0.833 bits per heavy atom. The number of hydrogen-bond donors (Lipinski definition) is 1. The molecule has 1 aromatic carbocycles. The summed E-state index contributed by atoms with van der Waals surface area (Å²) >= 11 is 0. The lowest BCUT2D eigenvalue weighted by molar-refractivity contribution is -0.142. The first kappa shape index (κ1) is 23.4. The number of aromatic nitrogens is 5. The van der Waals surface area contributed by atoms with Crippen LogP contribution in [0.1, 0.15) is 22.5 Å². The lowest BCUT2D eigenvalue weighted by Gasteiger charge is -2.29. The monoisotopic (exact) mass is 510 g/mol. The van der Waals surface area contributed by atoms with E-state index >= 15 is 0 Å². The second-order valence-corrected chi connectivity index (χ2v) is 7.80. The van der Waals surface area contributed by atoms with E-state index < -0.39 is 35.1 Å². The van der Waals surface area contributed by atoms with Crippen molar-refractivity contribution in [3.63, 3.8) is 0 Å². The van der Waals surface area contributed by atoms with Crippen molar-refractivity contribution in [2.45, 2.75) is 17.9 Å². The van der Waals surface area contributed by atoms with Crippen LogP contribution in [0.25, 0.3) is 11.4 Å². The smallest absolute Gasteiger partial charge is 0.275 e. The van der Waals surface area contributed by atoms with Gasteiger partial charge in [0.25, 0.3) is 0 Å². The largest absolute Gasteiger partial charge is 0.435 e. The van der Waals surface area contributed by atoms with Gasteiger partial charge in [-0.05, 0) is 42.0 Å². The summed E-state index contributed by atoms with van der Waals surface area (Å²) < 4.78 is 95.5. The number of benzene rings is 1. The van der Waals surface area contributed by atoms with Crippen LogP contribution >= 0.6 is 0 Å². The number of halogens is 7. The SMILES string of the molecule is Fc1cnccc1C1(c2cc(-n3ccc(C(F)(F)F)n3)cc(-n3ccc(C(F)(F)F)n3)c2)CN=NN1. The highest BCUT2D eigenvalue weighted by molar-refractivity contribution is 5.52. The van der Waals surface area contributed by atoms with Gasteiger partial charge in [0, 0.05) is 24.2 Å². The van der Waals surface area contributed by atoms with Crippen LogP contribution in [0.4, 0.5) is 30.7 Å². The van der Waals surface area contributed by atoms with E-state index in [0.29, 0.717) is 0 Å². The van der Waals surface area contributed by atoms with Crippen LogP contribution in [-0.4, -0.2) is 31.1 Å². The summed E-state index contributed by atoms with van der Waals surface area (Å²) in [5.41, 5.74) is -0.656. The van der Waals surface area contributed by atoms with Gasteiger partial charge in [0.2, 0.25) is 0 Å². The van der Waals surface area contributed by atoms with Gasteiger partial charge in [0.05, 0.1) is 24.1 Å². The molecule has 0 bridgehead atoms. The first-order chi connectivity index (χ1) is 17.0. The molecule has 15 heteroatoms. The van der Waals surface area contributed by atoms with Crippen molar-refractivity contribution in [3.05, 3.63) is 89.5 Å². The quantitative estimate of drug-likeness (QED) is 0.398. The zero-order chi connectivity index (χ0) is 25.7. The Morgan fingerprint density at radius 3 is 1.86 bits per heavy atom. The maximum atomic E-state index is 14.8. The minimum absolute atomic E-state index is 0.0459. The number of nitrogens with zero attached hydrogens (tertiary/aromatic N) is 7. The number of pyridine rings is 1. The average molecular weight is 510 g/mol. The molecule has 36 heavy (non-hydrogen) atoms. The Kier molecular flexibility index (Phi) is 5.30. The summed E-state index contributed by atoms with van der Waals surface area (Å²) in [4.78, 5) is 3.72. The van der Waals surface area contributed by atoms with Gasteiger partial charge in [-0.1, -0.05) is 5.22 Å². The Balaban J connectivity index is 1.72. The fraction of sp³-hybridized carbons (Fsp3) is 0.190. The molecule has 4 aromatic rings. The molecule has 0 amide bonds. The van der Waals surface area contributed by atoms with Crippen molar-refractivity contribution < 1.29 is 30.7 Å². The molecule has 0 saturated carbocycles. The molecule has 0 saturated heterocycles. The molecular formula is C21H13F7N8. The van der Waals surface area contributed by atoms with E-state index in [1.165, 1.54) is 30.5 Å². The van der Waals surface area contributed by atoms with Gasteiger partial charge in [-0.2, -0.15) is 41.7 Å². The summed E-state index contributed by atoms with van der Waals surface area (Å²) in [6.07, 6.45) is -5.05. The van der Waals surface area contributed by atoms with E-state index in [1.54, 1.807) is 0 Å². The molecule has 0 aliphatic carbocycles. The highest BCUT2D eigenvalue weighted by atomic mass is 19.4. The number of hydrogen-bond acceptors (Lipinski definition) is 6. The number of nitrogens with one attached hydrogen (secondary N) is 1. The fourth-order valence-electron chi connectivity index (χ4n) is 3.82. The summed E-state index contributed by atoms with van der Waals surface area (Å²) in [6.45, 7) is -0.114. The van der Waals surface area contributed by atoms with Gasteiger partial charge in [-0.3, -0.25) is 10.4 Å². The third kappa shape index (κ3) is 4.05. The fourth-order valence-corrected chi connectivity index (χ4v) is 3.82. The van der Waals surface area contributed by atoms with E-state index in [9.17, 15) is 30.7 Å². The standard InChI is InChI=1S/C21H13F7N8/c22-16-10-29-4-1-15(16)19(11-30-34-33-19)12-7-13(35-5-2-17(31-35)20(23,24)25)9-14(8-12)36-6-3-18(32-36)21(26,27)28/h1-10H,11H2,(H,30,33). The van der Waals surface area contributed by atoms with Gasteiger partial charge < -0.3 is 0 Å². The average Bonchev–Trinajstić information content (AvgIpc) is 3.59. The topological polar surface area (TPSA) is 85.3 Å². The molecule has 1 N–H and O–H groups in total. The third-order valence-corrected chi connectivity index (χ3v) is 5.54. The molecule has 1 atom stereocenters. The van der Waals surface area contributed by atoms with Crippen LogP contribution in [0.2, 0.25) is 0 Å². The van der Waals surface area contributed by atoms with Crippen LogP contribution in [-0.2, 0) is 17.9 Å². The van der Waals surface area contributed by atoms with Crippen molar-refractivity contribution >= 4 is 0 Å². The molecule has 4 heterocycles. The summed E-state index contributed by atoms with van der Waals surface area (Å²) in [7, 11) is 0. The highest BCUT2D eigenvalue weighted by Crippen LogP contribution is 2.37. The second-order valence-electron chi connectivity index (χ2n) is 7.80. The van der Waals surface area contributed by atoms with E-state index in [1.807, 2.05) is 0 Å². The lowest BCUT2D eigenvalue weighted by Crippen LogP contribution is -2.41. The molecule has 0 radical (unpaired) electrons. The first-order valence-electron chi connectivity index (χ1n) is 10.1. The molecule has 186 valence electrons. The first-order valence-corrected chi connectivity index (χ1v) is 10.1. The molecule has 1 aliphatic heterocycles. The normalized spacial score (nSPS) is 18.0.